The lowest BCUT2D eigenvalue weighted by molar-refractivity contribution is -0.384. The van der Waals surface area contributed by atoms with Gasteiger partial charge in [-0.3, -0.25) is 10.1 Å². The molecule has 0 atom stereocenters. The maximum atomic E-state index is 10.9. The number of aryl methyl sites for hydroxylation is 1. The molecule has 2 heterocycles. The van der Waals surface area contributed by atoms with Crippen LogP contribution in [-0.4, -0.2) is 36.0 Å². The third-order valence-corrected chi connectivity index (χ3v) is 4.28. The number of aromatic hydroxyl groups is 1. The van der Waals surface area contributed by atoms with Gasteiger partial charge in [0.2, 0.25) is 0 Å². The fraction of sp³-hybridized carbons (Fsp3) is 0.111. The Kier molecular flexibility index (Phi) is 4.28. The van der Waals surface area contributed by atoms with Crippen LogP contribution in [0.15, 0.2) is 47.6 Å². The summed E-state index contributed by atoms with van der Waals surface area (Å²) >= 11 is 0. The summed E-state index contributed by atoms with van der Waals surface area (Å²) in [5.41, 5.74) is 5.08. The standard InChI is InChI=1S/C18H15N7O3/c1-2-24-14-6-4-3-5-13(14)16-17(24)20-18(23-21-16)22-19-10-11-9-12(25(27)28)7-8-15(11)26/h3-10,26H,2H2,1H3,(H,20,22,23). The number of rotatable bonds is 5. The predicted molar refractivity (Wildman–Crippen MR) is 104 cm³/mol. The number of anilines is 1. The molecule has 0 saturated heterocycles. The van der Waals surface area contributed by atoms with Crippen LogP contribution >= 0.6 is 0 Å². The van der Waals surface area contributed by atoms with E-state index in [1.165, 1.54) is 24.4 Å². The van der Waals surface area contributed by atoms with Crippen molar-refractivity contribution in [1.29, 1.82) is 0 Å². The van der Waals surface area contributed by atoms with E-state index < -0.39 is 4.92 Å². The normalized spacial score (nSPS) is 11.5. The summed E-state index contributed by atoms with van der Waals surface area (Å²) in [6.07, 6.45) is 1.26. The van der Waals surface area contributed by atoms with Gasteiger partial charge in [0.15, 0.2) is 5.65 Å². The summed E-state index contributed by atoms with van der Waals surface area (Å²) in [6.45, 7) is 2.73. The average molecular weight is 377 g/mol. The van der Waals surface area contributed by atoms with Gasteiger partial charge < -0.3 is 9.67 Å². The highest BCUT2D eigenvalue weighted by Crippen LogP contribution is 2.26. The first-order valence-electron chi connectivity index (χ1n) is 8.46. The van der Waals surface area contributed by atoms with E-state index in [1.54, 1.807) is 0 Å². The van der Waals surface area contributed by atoms with Crippen LogP contribution in [0.1, 0.15) is 12.5 Å². The summed E-state index contributed by atoms with van der Waals surface area (Å²) in [6, 6.07) is 11.5. The van der Waals surface area contributed by atoms with Gasteiger partial charge in [-0.15, -0.1) is 10.2 Å². The Morgan fingerprint density at radius 2 is 2.11 bits per heavy atom. The average Bonchev–Trinajstić information content (AvgIpc) is 3.02. The zero-order valence-corrected chi connectivity index (χ0v) is 14.8. The second-order valence-electron chi connectivity index (χ2n) is 5.94. The molecule has 2 aromatic carbocycles. The lowest BCUT2D eigenvalue weighted by Gasteiger charge is -2.02. The van der Waals surface area contributed by atoms with Gasteiger partial charge in [-0.1, -0.05) is 18.2 Å². The van der Waals surface area contributed by atoms with E-state index in [1.807, 2.05) is 35.8 Å². The molecule has 10 nitrogen and oxygen atoms in total. The van der Waals surface area contributed by atoms with Crippen LogP contribution in [0.2, 0.25) is 0 Å². The fourth-order valence-corrected chi connectivity index (χ4v) is 2.99. The van der Waals surface area contributed by atoms with Crippen molar-refractivity contribution in [3.05, 3.63) is 58.1 Å². The molecule has 4 aromatic rings. The highest BCUT2D eigenvalue weighted by atomic mass is 16.6. The van der Waals surface area contributed by atoms with E-state index in [0.29, 0.717) is 17.7 Å². The smallest absolute Gasteiger partial charge is 0.270 e. The first kappa shape index (κ1) is 17.3. The van der Waals surface area contributed by atoms with Crippen LogP contribution in [0, 0.1) is 10.1 Å². The van der Waals surface area contributed by atoms with Crippen LogP contribution in [-0.2, 0) is 6.54 Å². The van der Waals surface area contributed by atoms with Gasteiger partial charge in [0, 0.05) is 29.6 Å². The maximum Gasteiger partial charge on any atom is 0.270 e. The second kappa shape index (κ2) is 6.91. The minimum Gasteiger partial charge on any atom is -0.507 e. The molecule has 10 heteroatoms. The molecule has 0 unspecified atom stereocenters. The summed E-state index contributed by atoms with van der Waals surface area (Å²) in [5.74, 6) is 0.0444. The third kappa shape index (κ3) is 2.96. The van der Waals surface area contributed by atoms with Gasteiger partial charge in [-0.2, -0.15) is 10.1 Å². The number of aromatic nitrogens is 4. The van der Waals surface area contributed by atoms with Crippen molar-refractivity contribution in [2.45, 2.75) is 13.5 Å². The molecular formula is C18H15N7O3. The van der Waals surface area contributed by atoms with Gasteiger partial charge in [0.05, 0.1) is 16.7 Å². The molecule has 0 aliphatic carbocycles. The van der Waals surface area contributed by atoms with E-state index in [0.717, 1.165) is 10.9 Å². The SMILES string of the molecule is CCn1c2ccccc2c2nnc(NN=Cc3cc([N+](=O)[O-])ccc3O)nc21. The highest BCUT2D eigenvalue weighted by Gasteiger charge is 2.13. The summed E-state index contributed by atoms with van der Waals surface area (Å²) in [5, 5.41) is 33.9. The number of para-hydroxylation sites is 1. The number of nitro groups is 1. The Balaban J connectivity index is 1.66. The van der Waals surface area contributed by atoms with Crippen molar-refractivity contribution in [1.82, 2.24) is 19.7 Å². The minimum atomic E-state index is -0.547. The Bertz CT molecular complexity index is 1230. The van der Waals surface area contributed by atoms with Crippen molar-refractivity contribution in [2.75, 3.05) is 5.43 Å². The monoisotopic (exact) mass is 377 g/mol. The molecule has 0 saturated carbocycles. The van der Waals surface area contributed by atoms with Crippen molar-refractivity contribution < 1.29 is 10.0 Å². The van der Waals surface area contributed by atoms with Crippen LogP contribution in [0.25, 0.3) is 22.1 Å². The Hall–Kier alpha value is -4.08. The second-order valence-corrected chi connectivity index (χ2v) is 5.94. The van der Waals surface area contributed by atoms with Crippen molar-refractivity contribution >= 4 is 39.9 Å². The number of hydrogen-bond acceptors (Lipinski definition) is 8. The minimum absolute atomic E-state index is 0.128. The van der Waals surface area contributed by atoms with E-state index in [4.69, 9.17) is 0 Å². The lowest BCUT2D eigenvalue weighted by Crippen LogP contribution is -2.02. The number of nitro benzene ring substituents is 1. The number of nitrogens with one attached hydrogen (secondary N) is 1. The number of fused-ring (bicyclic) bond motifs is 3. The predicted octanol–water partition coefficient (Wildman–Crippen LogP) is 3.06. The number of non-ortho nitro benzene ring substituents is 1. The number of nitrogens with zero attached hydrogens (tertiary/aromatic N) is 6. The molecule has 0 amide bonds. The number of phenolic OH excluding ortho intramolecular Hbond substituents is 1. The van der Waals surface area contributed by atoms with E-state index in [9.17, 15) is 15.2 Å². The summed E-state index contributed by atoms with van der Waals surface area (Å²) in [7, 11) is 0. The number of hydrazone groups is 1. The first-order chi connectivity index (χ1) is 13.6. The topological polar surface area (TPSA) is 131 Å². The molecular weight excluding hydrogens is 362 g/mol. The molecule has 0 radical (unpaired) electrons. The number of benzene rings is 2. The van der Waals surface area contributed by atoms with E-state index >= 15 is 0 Å². The third-order valence-electron chi connectivity index (χ3n) is 4.28. The number of hydrogen-bond donors (Lipinski definition) is 2. The summed E-state index contributed by atoms with van der Waals surface area (Å²) in [4.78, 5) is 14.8. The van der Waals surface area contributed by atoms with Gasteiger partial charge in [0.1, 0.15) is 11.3 Å². The molecule has 4 rings (SSSR count). The maximum absolute atomic E-state index is 10.9. The molecule has 2 aromatic heterocycles. The molecule has 0 bridgehead atoms. The zero-order chi connectivity index (χ0) is 19.7. The molecule has 140 valence electrons. The van der Waals surface area contributed by atoms with Crippen LogP contribution in [0.4, 0.5) is 11.6 Å². The Morgan fingerprint density at radius 3 is 2.89 bits per heavy atom. The molecule has 28 heavy (non-hydrogen) atoms. The van der Waals surface area contributed by atoms with Crippen molar-refractivity contribution in [3.63, 3.8) is 0 Å². The van der Waals surface area contributed by atoms with E-state index in [2.05, 4.69) is 25.7 Å². The zero-order valence-electron chi connectivity index (χ0n) is 14.8. The van der Waals surface area contributed by atoms with Gasteiger partial charge >= 0.3 is 0 Å². The van der Waals surface area contributed by atoms with Crippen LogP contribution in [0.5, 0.6) is 5.75 Å². The van der Waals surface area contributed by atoms with Gasteiger partial charge in [-0.25, -0.2) is 5.43 Å². The quantitative estimate of drug-likeness (QED) is 0.310. The van der Waals surface area contributed by atoms with Crippen molar-refractivity contribution in [2.24, 2.45) is 5.10 Å². The molecule has 0 aliphatic heterocycles. The van der Waals surface area contributed by atoms with Crippen LogP contribution < -0.4 is 5.43 Å². The molecule has 0 fully saturated rings. The van der Waals surface area contributed by atoms with Crippen molar-refractivity contribution in [3.8, 4) is 5.75 Å². The molecule has 0 spiro atoms. The first-order valence-corrected chi connectivity index (χ1v) is 8.46. The Labute approximate surface area is 158 Å². The lowest BCUT2D eigenvalue weighted by atomic mass is 10.2. The van der Waals surface area contributed by atoms with Gasteiger partial charge in [-0.05, 0) is 19.1 Å². The Morgan fingerprint density at radius 1 is 1.29 bits per heavy atom. The van der Waals surface area contributed by atoms with Gasteiger partial charge in [0.25, 0.3) is 11.6 Å². The largest absolute Gasteiger partial charge is 0.507 e. The number of phenols is 1. The fourth-order valence-electron chi connectivity index (χ4n) is 2.99. The molecule has 2 N–H and O–H groups in total. The highest BCUT2D eigenvalue weighted by molar-refractivity contribution is 6.04. The summed E-state index contributed by atoms with van der Waals surface area (Å²) < 4.78 is 2.03. The van der Waals surface area contributed by atoms with E-state index in [-0.39, 0.29) is 22.9 Å². The van der Waals surface area contributed by atoms with Crippen LogP contribution in [0.3, 0.4) is 0 Å². The molecule has 0 aliphatic rings.